The van der Waals surface area contributed by atoms with Crippen molar-refractivity contribution < 1.29 is 5.11 Å². The first-order chi connectivity index (χ1) is 11.5. The number of hydrogen-bond donors (Lipinski definition) is 2. The molecule has 5 nitrogen and oxygen atoms in total. The van der Waals surface area contributed by atoms with Gasteiger partial charge in [-0.05, 0) is 51.3 Å². The van der Waals surface area contributed by atoms with Crippen molar-refractivity contribution in [2.45, 2.75) is 39.3 Å². The highest BCUT2D eigenvalue weighted by atomic mass is 16.3. The van der Waals surface area contributed by atoms with E-state index in [1.165, 1.54) is 12.0 Å². The van der Waals surface area contributed by atoms with Crippen LogP contribution in [-0.2, 0) is 0 Å². The van der Waals surface area contributed by atoms with Crippen molar-refractivity contribution >= 4 is 22.6 Å². The second kappa shape index (κ2) is 6.77. The van der Waals surface area contributed by atoms with Gasteiger partial charge in [0.05, 0.1) is 11.1 Å². The van der Waals surface area contributed by atoms with Crippen molar-refractivity contribution in [3.05, 3.63) is 35.4 Å². The van der Waals surface area contributed by atoms with Crippen molar-refractivity contribution in [1.29, 1.82) is 5.41 Å². The lowest BCUT2D eigenvalue weighted by atomic mass is 10.1. The number of nitrogens with one attached hydrogen (secondary N) is 1. The average Bonchev–Trinajstić information content (AvgIpc) is 2.60. The van der Waals surface area contributed by atoms with Crippen molar-refractivity contribution in [1.82, 2.24) is 9.88 Å². The van der Waals surface area contributed by atoms with E-state index in [1.807, 2.05) is 12.1 Å². The summed E-state index contributed by atoms with van der Waals surface area (Å²) in [5, 5.41) is 19.5. The van der Waals surface area contributed by atoms with E-state index >= 15 is 0 Å². The molecule has 0 amide bonds. The molecule has 2 heterocycles. The van der Waals surface area contributed by atoms with Gasteiger partial charge in [-0.2, -0.15) is 0 Å². The number of fused-ring (bicyclic) bond motifs is 1. The van der Waals surface area contributed by atoms with Crippen LogP contribution in [0.4, 0.5) is 5.82 Å². The van der Waals surface area contributed by atoms with Gasteiger partial charge in [-0.25, -0.2) is 4.98 Å². The molecule has 24 heavy (non-hydrogen) atoms. The number of anilines is 1. The number of aryl methyl sites for hydroxylation is 1. The van der Waals surface area contributed by atoms with Crippen LogP contribution >= 0.6 is 0 Å². The number of hydrogen-bond acceptors (Lipinski definition) is 4. The smallest absolute Gasteiger partial charge is 0.140 e. The molecule has 0 radical (unpaired) electrons. The van der Waals surface area contributed by atoms with Crippen LogP contribution in [0.1, 0.15) is 37.3 Å². The van der Waals surface area contributed by atoms with Gasteiger partial charge in [0.15, 0.2) is 0 Å². The summed E-state index contributed by atoms with van der Waals surface area (Å²) in [5.74, 6) is 1.17. The third kappa shape index (κ3) is 3.22. The van der Waals surface area contributed by atoms with Crippen LogP contribution in [0.5, 0.6) is 0 Å². The van der Waals surface area contributed by atoms with E-state index in [2.05, 4.69) is 24.0 Å². The second-order valence-corrected chi connectivity index (χ2v) is 6.69. The Balaban J connectivity index is 2.13. The first kappa shape index (κ1) is 16.7. The van der Waals surface area contributed by atoms with Gasteiger partial charge in [0.2, 0.25) is 0 Å². The molecule has 1 saturated heterocycles. The highest BCUT2D eigenvalue weighted by Crippen LogP contribution is 2.28. The summed E-state index contributed by atoms with van der Waals surface area (Å²) in [7, 11) is 1.74. The molecule has 1 aliphatic rings. The Bertz CT molecular complexity index is 750. The second-order valence-electron chi connectivity index (χ2n) is 6.69. The molecular formula is C19H26N4O. The topological polar surface area (TPSA) is 63.5 Å². The molecule has 0 bridgehead atoms. The van der Waals surface area contributed by atoms with Gasteiger partial charge in [0, 0.05) is 25.5 Å². The zero-order valence-electron chi connectivity index (χ0n) is 14.7. The first-order valence-electron chi connectivity index (χ1n) is 8.63. The molecule has 1 aliphatic heterocycles. The summed E-state index contributed by atoms with van der Waals surface area (Å²) in [6, 6.07) is 8.26. The van der Waals surface area contributed by atoms with Gasteiger partial charge < -0.3 is 14.9 Å². The van der Waals surface area contributed by atoms with Crippen LogP contribution in [0.3, 0.4) is 0 Å². The van der Waals surface area contributed by atoms with E-state index in [0.717, 1.165) is 48.2 Å². The third-order valence-electron chi connectivity index (χ3n) is 4.77. The molecule has 0 saturated carbocycles. The predicted octanol–water partition coefficient (Wildman–Crippen LogP) is 3.13. The van der Waals surface area contributed by atoms with E-state index in [-0.39, 0.29) is 0 Å². The predicted molar refractivity (Wildman–Crippen MR) is 98.8 cm³/mol. The monoisotopic (exact) mass is 326 g/mol. The molecule has 2 N–H and O–H groups in total. The van der Waals surface area contributed by atoms with Gasteiger partial charge in [0.1, 0.15) is 17.9 Å². The fourth-order valence-electron chi connectivity index (χ4n) is 3.18. The maximum absolute atomic E-state index is 9.86. The summed E-state index contributed by atoms with van der Waals surface area (Å²) in [6.07, 6.45) is 2.86. The van der Waals surface area contributed by atoms with Crippen LogP contribution in [0, 0.1) is 12.3 Å². The zero-order valence-corrected chi connectivity index (χ0v) is 14.7. The quantitative estimate of drug-likeness (QED) is 0.517. The molecule has 2 aromatic rings. The molecule has 128 valence electrons. The molecule has 1 aromatic heterocycles. The van der Waals surface area contributed by atoms with Crippen LogP contribution in [0.25, 0.3) is 10.9 Å². The molecule has 1 unspecified atom stereocenters. The van der Waals surface area contributed by atoms with E-state index in [4.69, 9.17) is 10.4 Å². The highest BCUT2D eigenvalue weighted by molar-refractivity contribution is 6.04. The minimum absolute atomic E-state index is 0.307. The molecule has 0 aliphatic carbocycles. The number of pyridine rings is 1. The number of rotatable bonds is 3. The number of aromatic nitrogens is 1. The highest BCUT2D eigenvalue weighted by Gasteiger charge is 2.22. The zero-order chi connectivity index (χ0) is 17.3. The third-order valence-corrected chi connectivity index (χ3v) is 4.77. The summed E-state index contributed by atoms with van der Waals surface area (Å²) in [6.45, 7) is 5.69. The van der Waals surface area contributed by atoms with E-state index in [9.17, 15) is 5.11 Å². The lowest BCUT2D eigenvalue weighted by Crippen LogP contribution is -2.37. The molecule has 3 rings (SSSR count). The molecule has 1 atom stereocenters. The number of nitrogens with zero attached hydrogens (tertiary/aromatic N) is 3. The van der Waals surface area contributed by atoms with Crippen molar-refractivity contribution in [3.8, 4) is 0 Å². The fourth-order valence-corrected chi connectivity index (χ4v) is 3.18. The van der Waals surface area contributed by atoms with Gasteiger partial charge in [-0.3, -0.25) is 5.41 Å². The number of benzene rings is 1. The Hall–Kier alpha value is -2.14. The number of aliphatic hydroxyl groups excluding tert-OH is 1. The standard InChI is InChI=1S/C19H26N4O/c1-13-7-8-17-15(11-13)12-16(18(20)22(3)14(2)24)19(21-17)23-9-5-4-6-10-23/h7-8,11-12,14,20,24H,4-6,9-10H2,1-3H3. The maximum atomic E-state index is 9.86. The van der Waals surface area contributed by atoms with Gasteiger partial charge >= 0.3 is 0 Å². The fraction of sp³-hybridized carbons (Fsp3) is 0.474. The lowest BCUT2D eigenvalue weighted by molar-refractivity contribution is 0.0876. The average molecular weight is 326 g/mol. The summed E-state index contributed by atoms with van der Waals surface area (Å²) < 4.78 is 0. The Morgan fingerprint density at radius 1 is 1.25 bits per heavy atom. The van der Waals surface area contributed by atoms with E-state index < -0.39 is 6.23 Å². The number of aliphatic hydroxyl groups is 1. The van der Waals surface area contributed by atoms with Gasteiger partial charge in [0.25, 0.3) is 0 Å². The number of amidine groups is 1. The maximum Gasteiger partial charge on any atom is 0.140 e. The lowest BCUT2D eigenvalue weighted by Gasteiger charge is -2.31. The van der Waals surface area contributed by atoms with Gasteiger partial charge in [-0.15, -0.1) is 0 Å². The molecular weight excluding hydrogens is 300 g/mol. The van der Waals surface area contributed by atoms with Crippen molar-refractivity contribution in [2.24, 2.45) is 0 Å². The summed E-state index contributed by atoms with van der Waals surface area (Å²) in [5.41, 5.74) is 2.92. The van der Waals surface area contributed by atoms with Crippen LogP contribution in [-0.4, -0.2) is 47.2 Å². The summed E-state index contributed by atoms with van der Waals surface area (Å²) >= 11 is 0. The molecule has 1 aromatic carbocycles. The minimum atomic E-state index is -0.708. The summed E-state index contributed by atoms with van der Waals surface area (Å²) in [4.78, 5) is 8.74. The Kier molecular flexibility index (Phi) is 4.71. The Morgan fingerprint density at radius 3 is 2.62 bits per heavy atom. The Labute approximate surface area is 143 Å². The SMILES string of the molecule is Cc1ccc2nc(N3CCCCC3)c(C(=N)N(C)C(C)O)cc2c1. The Morgan fingerprint density at radius 2 is 1.96 bits per heavy atom. The van der Waals surface area contributed by atoms with Crippen LogP contribution in [0.15, 0.2) is 24.3 Å². The number of piperidine rings is 1. The van der Waals surface area contributed by atoms with E-state index in [0.29, 0.717) is 5.84 Å². The van der Waals surface area contributed by atoms with Crippen LogP contribution < -0.4 is 4.90 Å². The minimum Gasteiger partial charge on any atom is -0.374 e. The van der Waals surface area contributed by atoms with Gasteiger partial charge in [-0.1, -0.05) is 11.6 Å². The normalized spacial score (nSPS) is 16.2. The largest absolute Gasteiger partial charge is 0.374 e. The van der Waals surface area contributed by atoms with E-state index in [1.54, 1.807) is 18.9 Å². The molecule has 1 fully saturated rings. The molecule has 5 heteroatoms. The van der Waals surface area contributed by atoms with Crippen molar-refractivity contribution in [3.63, 3.8) is 0 Å². The van der Waals surface area contributed by atoms with Crippen molar-refractivity contribution in [2.75, 3.05) is 25.0 Å². The molecule has 0 spiro atoms. The van der Waals surface area contributed by atoms with Crippen LogP contribution in [0.2, 0.25) is 0 Å². The first-order valence-corrected chi connectivity index (χ1v) is 8.63.